The van der Waals surface area contributed by atoms with Gasteiger partial charge in [-0.3, -0.25) is 0 Å². The van der Waals surface area contributed by atoms with Gasteiger partial charge < -0.3 is 10.1 Å². The molecule has 1 saturated heterocycles. The molecule has 0 aromatic heterocycles. The van der Waals surface area contributed by atoms with Crippen LogP contribution in [0.25, 0.3) is 0 Å². The zero-order chi connectivity index (χ0) is 11.5. The summed E-state index contributed by atoms with van der Waals surface area (Å²) in [5.41, 5.74) is 0.743. The average Bonchev–Trinajstić information content (AvgIpc) is 2.75. The van der Waals surface area contributed by atoms with Crippen molar-refractivity contribution in [1.29, 1.82) is 0 Å². The Bertz CT molecular complexity index is 378. The van der Waals surface area contributed by atoms with Crippen LogP contribution in [-0.2, 0) is 6.42 Å². The van der Waals surface area contributed by atoms with Gasteiger partial charge in [0.2, 0.25) is 0 Å². The maximum Gasteiger partial charge on any atom is 0.135 e. The van der Waals surface area contributed by atoms with Gasteiger partial charge in [-0.2, -0.15) is 0 Å². The monoisotopic (exact) mass is 287 g/mol. The first-order valence-corrected chi connectivity index (χ1v) is 6.25. The van der Waals surface area contributed by atoms with Crippen molar-refractivity contribution in [3.05, 3.63) is 28.0 Å². The topological polar surface area (TPSA) is 21.3 Å². The molecule has 88 valence electrons. The number of nitrogens with one attached hydrogen (secondary N) is 1. The molecule has 1 aliphatic heterocycles. The van der Waals surface area contributed by atoms with Crippen molar-refractivity contribution in [2.75, 3.05) is 13.7 Å². The Morgan fingerprint density at radius 1 is 1.56 bits per heavy atom. The third-order valence-corrected chi connectivity index (χ3v) is 3.57. The molecule has 1 aromatic rings. The molecule has 2 nitrogen and oxygen atoms in total. The molecule has 2 rings (SSSR count). The molecular weight excluding hydrogens is 273 g/mol. The molecule has 0 amide bonds. The van der Waals surface area contributed by atoms with Gasteiger partial charge in [0.05, 0.1) is 11.6 Å². The zero-order valence-corrected chi connectivity index (χ0v) is 10.8. The molecule has 1 heterocycles. The van der Waals surface area contributed by atoms with E-state index in [1.165, 1.54) is 19.6 Å². The van der Waals surface area contributed by atoms with Crippen LogP contribution in [-0.4, -0.2) is 19.7 Å². The molecule has 0 saturated carbocycles. The number of hydrogen-bond donors (Lipinski definition) is 1. The fourth-order valence-corrected chi connectivity index (χ4v) is 2.63. The van der Waals surface area contributed by atoms with E-state index in [1.54, 1.807) is 0 Å². The molecule has 1 N–H and O–H groups in total. The maximum absolute atomic E-state index is 13.7. The summed E-state index contributed by atoms with van der Waals surface area (Å²) in [6, 6.07) is 3.66. The van der Waals surface area contributed by atoms with Gasteiger partial charge in [-0.15, -0.1) is 0 Å². The first-order chi connectivity index (χ1) is 7.70. The lowest BCUT2D eigenvalue weighted by molar-refractivity contribution is 0.407. The van der Waals surface area contributed by atoms with E-state index in [0.29, 0.717) is 11.8 Å². The number of halogens is 2. The highest BCUT2D eigenvalue weighted by Crippen LogP contribution is 2.29. The van der Waals surface area contributed by atoms with Crippen LogP contribution in [0.15, 0.2) is 16.6 Å². The van der Waals surface area contributed by atoms with Crippen molar-refractivity contribution in [1.82, 2.24) is 5.32 Å². The number of hydrogen-bond acceptors (Lipinski definition) is 2. The second-order valence-corrected chi connectivity index (χ2v) is 4.93. The summed E-state index contributed by atoms with van der Waals surface area (Å²) >= 11 is 3.38. The molecule has 1 fully saturated rings. The Labute approximate surface area is 103 Å². The molecule has 0 bridgehead atoms. The minimum absolute atomic E-state index is 0.186. The van der Waals surface area contributed by atoms with Gasteiger partial charge >= 0.3 is 0 Å². The van der Waals surface area contributed by atoms with Crippen LogP contribution < -0.4 is 10.1 Å². The van der Waals surface area contributed by atoms with Gasteiger partial charge in [-0.25, -0.2) is 4.39 Å². The average molecular weight is 288 g/mol. The van der Waals surface area contributed by atoms with Gasteiger partial charge in [0.15, 0.2) is 0 Å². The molecule has 4 heteroatoms. The first kappa shape index (κ1) is 11.9. The van der Waals surface area contributed by atoms with Gasteiger partial charge in [-0.1, -0.05) is 0 Å². The van der Waals surface area contributed by atoms with Crippen molar-refractivity contribution in [3.8, 4) is 5.75 Å². The quantitative estimate of drug-likeness (QED) is 0.923. The van der Waals surface area contributed by atoms with Gasteiger partial charge in [0, 0.05) is 12.1 Å². The van der Waals surface area contributed by atoms with Crippen molar-refractivity contribution < 1.29 is 9.13 Å². The van der Waals surface area contributed by atoms with Crippen molar-refractivity contribution in [3.63, 3.8) is 0 Å². The van der Waals surface area contributed by atoms with Crippen LogP contribution in [0.5, 0.6) is 5.75 Å². The molecule has 1 aromatic carbocycles. The van der Waals surface area contributed by atoms with Crippen LogP contribution in [0.2, 0.25) is 0 Å². The normalized spacial score (nSPS) is 20.1. The molecule has 0 spiro atoms. The molecule has 1 unspecified atom stereocenters. The van der Waals surface area contributed by atoms with Crippen LogP contribution in [0.3, 0.4) is 0 Å². The van der Waals surface area contributed by atoms with E-state index in [1.807, 2.05) is 6.07 Å². The van der Waals surface area contributed by atoms with E-state index in [2.05, 4.69) is 21.2 Å². The van der Waals surface area contributed by atoms with Crippen molar-refractivity contribution in [2.24, 2.45) is 0 Å². The molecule has 0 aliphatic carbocycles. The first-order valence-electron chi connectivity index (χ1n) is 5.46. The number of methoxy groups -OCH3 is 1. The standard InChI is InChI=1S/C12H15BrFNO/c1-16-12-7-11(14)8(6-10(12)13)5-9-3-2-4-15-9/h6-7,9,15H,2-5H2,1H3. The lowest BCUT2D eigenvalue weighted by atomic mass is 10.0. The number of rotatable bonds is 3. The minimum Gasteiger partial charge on any atom is -0.495 e. The van der Waals surface area contributed by atoms with E-state index in [0.717, 1.165) is 29.4 Å². The van der Waals surface area contributed by atoms with E-state index in [4.69, 9.17) is 4.74 Å². The molecule has 16 heavy (non-hydrogen) atoms. The molecular formula is C12H15BrFNO. The van der Waals surface area contributed by atoms with E-state index in [9.17, 15) is 4.39 Å². The second-order valence-electron chi connectivity index (χ2n) is 4.08. The van der Waals surface area contributed by atoms with Crippen molar-refractivity contribution in [2.45, 2.75) is 25.3 Å². The van der Waals surface area contributed by atoms with E-state index in [-0.39, 0.29) is 5.82 Å². The molecule has 1 atom stereocenters. The smallest absolute Gasteiger partial charge is 0.135 e. The highest BCUT2D eigenvalue weighted by atomic mass is 79.9. The summed E-state index contributed by atoms with van der Waals surface area (Å²) in [6.45, 7) is 1.05. The minimum atomic E-state index is -0.186. The zero-order valence-electron chi connectivity index (χ0n) is 9.22. The number of benzene rings is 1. The lowest BCUT2D eigenvalue weighted by Crippen LogP contribution is -2.24. The SMILES string of the molecule is COc1cc(F)c(CC2CCCN2)cc1Br. The van der Waals surface area contributed by atoms with E-state index >= 15 is 0 Å². The summed E-state index contributed by atoms with van der Waals surface area (Å²) in [5, 5.41) is 3.37. The number of ether oxygens (including phenoxy) is 1. The second kappa shape index (κ2) is 5.15. The Balaban J connectivity index is 2.17. The largest absolute Gasteiger partial charge is 0.495 e. The Kier molecular flexibility index (Phi) is 3.82. The van der Waals surface area contributed by atoms with E-state index < -0.39 is 0 Å². The lowest BCUT2D eigenvalue weighted by Gasteiger charge is -2.12. The fourth-order valence-electron chi connectivity index (χ4n) is 2.08. The van der Waals surface area contributed by atoms with Crippen LogP contribution in [0.1, 0.15) is 18.4 Å². The Morgan fingerprint density at radius 2 is 2.38 bits per heavy atom. The summed E-state index contributed by atoms with van der Waals surface area (Å²) in [5.74, 6) is 0.356. The van der Waals surface area contributed by atoms with Crippen LogP contribution in [0.4, 0.5) is 4.39 Å². The third kappa shape index (κ3) is 2.55. The molecule has 1 aliphatic rings. The van der Waals surface area contributed by atoms with Crippen molar-refractivity contribution >= 4 is 15.9 Å². The Morgan fingerprint density at radius 3 is 3.00 bits per heavy atom. The summed E-state index contributed by atoms with van der Waals surface area (Å²) < 4.78 is 19.6. The maximum atomic E-state index is 13.7. The predicted octanol–water partition coefficient (Wildman–Crippen LogP) is 2.89. The van der Waals surface area contributed by atoms with Crippen LogP contribution >= 0.6 is 15.9 Å². The Hall–Kier alpha value is -0.610. The predicted molar refractivity (Wildman–Crippen MR) is 65.4 cm³/mol. The highest BCUT2D eigenvalue weighted by molar-refractivity contribution is 9.10. The fraction of sp³-hybridized carbons (Fsp3) is 0.500. The van der Waals surface area contributed by atoms with Gasteiger partial charge in [0.1, 0.15) is 11.6 Å². The highest BCUT2D eigenvalue weighted by Gasteiger charge is 2.17. The van der Waals surface area contributed by atoms with Crippen LogP contribution in [0, 0.1) is 5.82 Å². The summed E-state index contributed by atoms with van der Waals surface area (Å²) in [6.07, 6.45) is 3.06. The summed E-state index contributed by atoms with van der Waals surface area (Å²) in [4.78, 5) is 0. The third-order valence-electron chi connectivity index (χ3n) is 2.95. The summed E-state index contributed by atoms with van der Waals surface area (Å²) in [7, 11) is 1.54. The van der Waals surface area contributed by atoms with Gasteiger partial charge in [-0.05, 0) is 53.4 Å². The van der Waals surface area contributed by atoms with Gasteiger partial charge in [0.25, 0.3) is 0 Å². The molecule has 0 radical (unpaired) electrons.